The predicted octanol–water partition coefficient (Wildman–Crippen LogP) is 3.59. The van der Waals surface area contributed by atoms with Crippen LogP contribution in [0.15, 0.2) is 33.6 Å². The highest BCUT2D eigenvalue weighted by Gasteiger charge is 2.21. The molecular weight excluding hydrogens is 360 g/mol. The molecule has 1 aliphatic rings. The van der Waals surface area contributed by atoms with Gasteiger partial charge in [0.15, 0.2) is 5.13 Å². The van der Waals surface area contributed by atoms with Gasteiger partial charge in [0.2, 0.25) is 0 Å². The number of rotatable bonds is 3. The quantitative estimate of drug-likeness (QED) is 0.895. The minimum Gasteiger partial charge on any atom is -0.255 e. The van der Waals surface area contributed by atoms with Crippen LogP contribution in [0.25, 0.3) is 0 Å². The highest BCUT2D eigenvalue weighted by molar-refractivity contribution is 9.10. The zero-order valence-corrected chi connectivity index (χ0v) is 13.8. The summed E-state index contributed by atoms with van der Waals surface area (Å²) in [6, 6.07) is 6.76. The van der Waals surface area contributed by atoms with Crippen molar-refractivity contribution in [3.05, 3.63) is 39.3 Å². The zero-order chi connectivity index (χ0) is 14.2. The normalized spacial score (nSPS) is 14.8. The summed E-state index contributed by atoms with van der Waals surface area (Å²) in [5.41, 5.74) is 1.05. The van der Waals surface area contributed by atoms with Gasteiger partial charge in [0.05, 0.1) is 5.69 Å². The van der Waals surface area contributed by atoms with Crippen molar-refractivity contribution in [2.75, 3.05) is 4.72 Å². The molecular formula is C13H13BrN2O2S2. The molecule has 1 aromatic heterocycles. The Morgan fingerprint density at radius 1 is 1.20 bits per heavy atom. The van der Waals surface area contributed by atoms with Crippen molar-refractivity contribution in [2.45, 2.75) is 30.6 Å². The molecule has 0 fully saturated rings. The maximum atomic E-state index is 12.4. The van der Waals surface area contributed by atoms with Crippen LogP contribution in [0.3, 0.4) is 0 Å². The molecule has 0 saturated carbocycles. The topological polar surface area (TPSA) is 59.1 Å². The van der Waals surface area contributed by atoms with Crippen LogP contribution in [-0.2, 0) is 22.9 Å². The molecule has 1 aromatic carbocycles. The number of thiazole rings is 1. The minimum atomic E-state index is -3.59. The van der Waals surface area contributed by atoms with Crippen LogP contribution < -0.4 is 4.72 Å². The number of hydrogen-bond acceptors (Lipinski definition) is 4. The smallest absolute Gasteiger partial charge is 0.255 e. The Bertz CT molecular complexity index is 717. The van der Waals surface area contributed by atoms with Crippen molar-refractivity contribution in [1.82, 2.24) is 4.98 Å². The van der Waals surface area contributed by atoms with E-state index in [2.05, 4.69) is 25.6 Å². The molecule has 4 nitrogen and oxygen atoms in total. The van der Waals surface area contributed by atoms with E-state index in [-0.39, 0.29) is 4.90 Å². The number of halogens is 1. The van der Waals surface area contributed by atoms with Crippen LogP contribution >= 0.6 is 27.3 Å². The number of sulfonamides is 1. The van der Waals surface area contributed by atoms with Crippen molar-refractivity contribution in [1.29, 1.82) is 0 Å². The Morgan fingerprint density at radius 2 is 1.95 bits per heavy atom. The van der Waals surface area contributed by atoms with Gasteiger partial charge in [-0.2, -0.15) is 0 Å². The average Bonchev–Trinajstić information content (AvgIpc) is 2.80. The predicted molar refractivity (Wildman–Crippen MR) is 83.7 cm³/mol. The monoisotopic (exact) mass is 372 g/mol. The van der Waals surface area contributed by atoms with Crippen molar-refractivity contribution in [3.63, 3.8) is 0 Å². The van der Waals surface area contributed by atoms with E-state index in [9.17, 15) is 8.42 Å². The molecule has 0 saturated heterocycles. The van der Waals surface area contributed by atoms with Crippen molar-refractivity contribution in [3.8, 4) is 0 Å². The van der Waals surface area contributed by atoms with Crippen molar-refractivity contribution >= 4 is 42.4 Å². The highest BCUT2D eigenvalue weighted by atomic mass is 79.9. The number of hydrogen-bond donors (Lipinski definition) is 1. The van der Waals surface area contributed by atoms with Gasteiger partial charge in [0.25, 0.3) is 10.0 Å². The summed E-state index contributed by atoms with van der Waals surface area (Å²) in [4.78, 5) is 5.84. The van der Waals surface area contributed by atoms with E-state index in [0.717, 1.165) is 31.4 Å². The molecule has 0 atom stereocenters. The largest absolute Gasteiger partial charge is 0.264 e. The van der Waals surface area contributed by atoms with Gasteiger partial charge < -0.3 is 0 Å². The van der Waals surface area contributed by atoms with Crippen molar-refractivity contribution < 1.29 is 8.42 Å². The molecule has 0 radical (unpaired) electrons. The molecule has 0 spiro atoms. The lowest BCUT2D eigenvalue weighted by Crippen LogP contribution is -2.13. The van der Waals surface area contributed by atoms with E-state index in [0.29, 0.717) is 9.60 Å². The average molecular weight is 373 g/mol. The van der Waals surface area contributed by atoms with Crippen LogP contribution in [0, 0.1) is 0 Å². The second-order valence-electron chi connectivity index (χ2n) is 4.63. The third-order valence-corrected chi connectivity index (χ3v) is 6.75. The molecule has 1 N–H and O–H groups in total. The lowest BCUT2D eigenvalue weighted by molar-refractivity contribution is 0.600. The first-order valence-electron chi connectivity index (χ1n) is 6.32. The van der Waals surface area contributed by atoms with E-state index in [1.54, 1.807) is 24.3 Å². The number of nitrogens with zero attached hydrogens (tertiary/aromatic N) is 1. The van der Waals surface area contributed by atoms with Crippen molar-refractivity contribution in [2.24, 2.45) is 0 Å². The molecule has 106 valence electrons. The molecule has 0 amide bonds. The summed E-state index contributed by atoms with van der Waals surface area (Å²) in [7, 11) is -3.59. The molecule has 0 unspecified atom stereocenters. The van der Waals surface area contributed by atoms with Crippen LogP contribution in [0.4, 0.5) is 5.13 Å². The van der Waals surface area contributed by atoms with Gasteiger partial charge in [-0.05, 0) is 53.7 Å². The molecule has 1 aliphatic carbocycles. The van der Waals surface area contributed by atoms with E-state index < -0.39 is 10.0 Å². The lowest BCUT2D eigenvalue weighted by Gasteiger charge is -2.06. The molecule has 0 bridgehead atoms. The first-order chi connectivity index (χ1) is 9.56. The summed E-state index contributed by atoms with van der Waals surface area (Å²) in [6.45, 7) is 0. The number of aryl methyl sites for hydroxylation is 2. The Hall–Kier alpha value is -0.920. The third kappa shape index (κ3) is 2.75. The van der Waals surface area contributed by atoms with Gasteiger partial charge in [-0.3, -0.25) is 4.72 Å². The van der Waals surface area contributed by atoms with Gasteiger partial charge in [0, 0.05) is 9.35 Å². The first-order valence-corrected chi connectivity index (χ1v) is 9.41. The standard InChI is InChI=1S/C13H13BrN2O2S2/c14-9-5-1-4-8-12(9)20(17,18)16-13-15-10-6-2-3-7-11(10)19-13/h1,4-5,8H,2-3,6-7H2,(H,15,16). The Labute approximate surface area is 130 Å². The number of benzene rings is 1. The number of aromatic nitrogens is 1. The molecule has 20 heavy (non-hydrogen) atoms. The maximum Gasteiger partial charge on any atom is 0.264 e. The van der Waals surface area contributed by atoms with Crippen LogP contribution in [0.2, 0.25) is 0 Å². The van der Waals surface area contributed by atoms with E-state index in [1.807, 2.05) is 0 Å². The van der Waals surface area contributed by atoms with Gasteiger partial charge >= 0.3 is 0 Å². The SMILES string of the molecule is O=S(=O)(Nc1nc2c(s1)CCCC2)c1ccccc1Br. The van der Waals surface area contributed by atoms with Gasteiger partial charge in [-0.25, -0.2) is 13.4 Å². The van der Waals surface area contributed by atoms with Crippen LogP contribution in [-0.4, -0.2) is 13.4 Å². The Kier molecular flexibility index (Phi) is 3.83. The van der Waals surface area contributed by atoms with Gasteiger partial charge in [-0.1, -0.05) is 12.1 Å². The number of anilines is 1. The lowest BCUT2D eigenvalue weighted by atomic mass is 10.0. The number of nitrogens with one attached hydrogen (secondary N) is 1. The molecule has 0 aliphatic heterocycles. The van der Waals surface area contributed by atoms with Gasteiger partial charge in [0.1, 0.15) is 4.90 Å². The van der Waals surface area contributed by atoms with Crippen LogP contribution in [0.1, 0.15) is 23.4 Å². The highest BCUT2D eigenvalue weighted by Crippen LogP contribution is 2.31. The fourth-order valence-electron chi connectivity index (χ4n) is 2.23. The molecule has 1 heterocycles. The fraction of sp³-hybridized carbons (Fsp3) is 0.308. The molecule has 3 rings (SSSR count). The van der Waals surface area contributed by atoms with Gasteiger partial charge in [-0.15, -0.1) is 11.3 Å². The minimum absolute atomic E-state index is 0.230. The molecule has 7 heteroatoms. The summed E-state index contributed by atoms with van der Waals surface area (Å²) in [5, 5.41) is 0.465. The number of fused-ring (bicyclic) bond motifs is 1. The van der Waals surface area contributed by atoms with E-state index in [1.165, 1.54) is 16.2 Å². The second kappa shape index (κ2) is 5.46. The third-order valence-electron chi connectivity index (χ3n) is 3.19. The Morgan fingerprint density at radius 3 is 2.70 bits per heavy atom. The Balaban J connectivity index is 1.90. The van der Waals surface area contributed by atoms with E-state index in [4.69, 9.17) is 0 Å². The fourth-order valence-corrected chi connectivity index (χ4v) is 5.52. The summed E-state index contributed by atoms with van der Waals surface area (Å²) >= 11 is 4.71. The van der Waals surface area contributed by atoms with E-state index >= 15 is 0 Å². The maximum absolute atomic E-state index is 12.4. The summed E-state index contributed by atoms with van der Waals surface area (Å²) in [5.74, 6) is 0. The zero-order valence-electron chi connectivity index (χ0n) is 10.6. The summed E-state index contributed by atoms with van der Waals surface area (Å²) < 4.78 is 27.9. The second-order valence-corrected chi connectivity index (χ2v) is 8.22. The first kappa shape index (κ1) is 14.0. The summed E-state index contributed by atoms with van der Waals surface area (Å²) in [6.07, 6.45) is 4.24. The molecule has 2 aromatic rings. The van der Waals surface area contributed by atoms with Crippen LogP contribution in [0.5, 0.6) is 0 Å².